The van der Waals surface area contributed by atoms with Crippen molar-refractivity contribution < 1.29 is 4.79 Å². The van der Waals surface area contributed by atoms with Gasteiger partial charge in [0.15, 0.2) is 0 Å². The van der Waals surface area contributed by atoms with Gasteiger partial charge in [-0.15, -0.1) is 0 Å². The van der Waals surface area contributed by atoms with Crippen LogP contribution in [0.1, 0.15) is 25.7 Å². The average molecular weight is 214 g/mol. The van der Waals surface area contributed by atoms with E-state index in [4.69, 9.17) is 0 Å². The van der Waals surface area contributed by atoms with Crippen molar-refractivity contribution in [3.8, 4) is 0 Å². The molecule has 1 unspecified atom stereocenters. The minimum atomic E-state index is 0.00287. The summed E-state index contributed by atoms with van der Waals surface area (Å²) in [6.07, 6.45) is 13.7. The molecule has 1 atom stereocenters. The van der Waals surface area contributed by atoms with E-state index in [-0.39, 0.29) is 11.9 Å². The van der Waals surface area contributed by atoms with Gasteiger partial charge in [-0.25, -0.2) is 0 Å². The number of nitrogens with zero attached hydrogens (tertiary/aromatic N) is 2. The third kappa shape index (κ3) is 1.43. The van der Waals surface area contributed by atoms with Crippen molar-refractivity contribution in [2.24, 2.45) is 4.99 Å². The summed E-state index contributed by atoms with van der Waals surface area (Å²) in [5.74, 6) is 0.137. The van der Waals surface area contributed by atoms with Crippen molar-refractivity contribution in [1.29, 1.82) is 0 Å². The van der Waals surface area contributed by atoms with Gasteiger partial charge in [-0.2, -0.15) is 0 Å². The molecule has 2 aliphatic heterocycles. The fraction of sp³-hybridized carbons (Fsp3) is 0.385. The zero-order valence-corrected chi connectivity index (χ0v) is 9.10. The predicted octanol–water partition coefficient (Wildman–Crippen LogP) is 2.18. The maximum atomic E-state index is 12.3. The lowest BCUT2D eigenvalue weighted by Gasteiger charge is -2.25. The van der Waals surface area contributed by atoms with E-state index in [0.717, 1.165) is 37.0 Å². The summed E-state index contributed by atoms with van der Waals surface area (Å²) in [7, 11) is 0. The molecular weight excluding hydrogens is 200 g/mol. The van der Waals surface area contributed by atoms with Gasteiger partial charge in [-0.3, -0.25) is 9.79 Å². The van der Waals surface area contributed by atoms with E-state index in [1.165, 1.54) is 0 Å². The molecule has 3 aliphatic rings. The first kappa shape index (κ1) is 9.58. The summed E-state index contributed by atoms with van der Waals surface area (Å²) in [4.78, 5) is 18.6. The van der Waals surface area contributed by atoms with Crippen molar-refractivity contribution in [2.45, 2.75) is 31.7 Å². The Bertz CT molecular complexity index is 443. The Morgan fingerprint density at radius 3 is 3.06 bits per heavy atom. The number of carbonyl (C=O) groups excluding carboxylic acids is 1. The van der Waals surface area contributed by atoms with Gasteiger partial charge in [0, 0.05) is 23.7 Å². The van der Waals surface area contributed by atoms with Crippen LogP contribution in [0.25, 0.3) is 0 Å². The molecule has 0 aromatic rings. The van der Waals surface area contributed by atoms with Crippen LogP contribution in [-0.2, 0) is 4.79 Å². The number of rotatable bonds is 0. The molecule has 0 bridgehead atoms. The molecule has 0 saturated carbocycles. The third-order valence-corrected chi connectivity index (χ3v) is 3.30. The Morgan fingerprint density at radius 2 is 2.12 bits per heavy atom. The molecule has 16 heavy (non-hydrogen) atoms. The molecule has 0 aromatic heterocycles. The average Bonchev–Trinajstić information content (AvgIpc) is 2.49. The Balaban J connectivity index is 2.02. The van der Waals surface area contributed by atoms with Gasteiger partial charge < -0.3 is 4.90 Å². The van der Waals surface area contributed by atoms with Crippen molar-refractivity contribution in [1.82, 2.24) is 4.90 Å². The first-order valence-electron chi connectivity index (χ1n) is 5.80. The lowest BCUT2D eigenvalue weighted by atomic mass is 9.95. The van der Waals surface area contributed by atoms with Crippen LogP contribution in [0.5, 0.6) is 0 Å². The molecule has 0 spiro atoms. The molecule has 1 amide bonds. The van der Waals surface area contributed by atoms with Crippen molar-refractivity contribution in [2.75, 3.05) is 0 Å². The van der Waals surface area contributed by atoms with Gasteiger partial charge in [-0.05, 0) is 31.8 Å². The summed E-state index contributed by atoms with van der Waals surface area (Å²) in [6, 6.07) is 0.00287. The second-order valence-electron chi connectivity index (χ2n) is 4.34. The van der Waals surface area contributed by atoms with E-state index in [1.54, 1.807) is 4.90 Å². The molecule has 0 radical (unpaired) electrons. The van der Waals surface area contributed by atoms with Gasteiger partial charge in [0.2, 0.25) is 0 Å². The van der Waals surface area contributed by atoms with Crippen LogP contribution in [0.15, 0.2) is 40.7 Å². The standard InChI is InChI=1S/C13H14N2O/c16-13-11-6-1-2-7-12(11)14-9-10-5-3-4-8-15(10)13/h3-5,8-10H,1-2,6-7H2. The number of allylic oxidation sites excluding steroid dienone is 3. The van der Waals surface area contributed by atoms with E-state index in [1.807, 2.05) is 30.6 Å². The molecule has 2 heterocycles. The number of carbonyl (C=O) groups is 1. The van der Waals surface area contributed by atoms with Gasteiger partial charge in [0.1, 0.15) is 0 Å². The first-order valence-corrected chi connectivity index (χ1v) is 5.80. The van der Waals surface area contributed by atoms with Crippen LogP contribution in [0.2, 0.25) is 0 Å². The summed E-state index contributed by atoms with van der Waals surface area (Å²) in [6.45, 7) is 0. The van der Waals surface area contributed by atoms with E-state index >= 15 is 0 Å². The molecule has 3 rings (SSSR count). The van der Waals surface area contributed by atoms with E-state index in [9.17, 15) is 4.79 Å². The van der Waals surface area contributed by atoms with Crippen LogP contribution in [-0.4, -0.2) is 23.1 Å². The van der Waals surface area contributed by atoms with Crippen LogP contribution >= 0.6 is 0 Å². The summed E-state index contributed by atoms with van der Waals surface area (Å²) in [5, 5.41) is 0. The highest BCUT2D eigenvalue weighted by Crippen LogP contribution is 2.30. The minimum Gasteiger partial charge on any atom is -0.303 e. The normalized spacial score (nSPS) is 27.9. The fourth-order valence-electron chi connectivity index (χ4n) is 2.42. The summed E-state index contributed by atoms with van der Waals surface area (Å²) in [5.41, 5.74) is 1.93. The Kier molecular flexibility index (Phi) is 2.24. The molecule has 0 N–H and O–H groups in total. The quantitative estimate of drug-likeness (QED) is 0.608. The zero-order valence-electron chi connectivity index (χ0n) is 9.10. The van der Waals surface area contributed by atoms with Gasteiger partial charge in [0.05, 0.1) is 6.04 Å². The fourth-order valence-corrected chi connectivity index (χ4v) is 2.42. The Labute approximate surface area is 94.8 Å². The summed E-state index contributed by atoms with van der Waals surface area (Å²) < 4.78 is 0. The van der Waals surface area contributed by atoms with Gasteiger partial charge in [0.25, 0.3) is 5.91 Å². The highest BCUT2D eigenvalue weighted by molar-refractivity contribution is 5.99. The second-order valence-corrected chi connectivity index (χ2v) is 4.34. The molecule has 0 aromatic carbocycles. The van der Waals surface area contributed by atoms with E-state index in [2.05, 4.69) is 4.99 Å². The van der Waals surface area contributed by atoms with Crippen LogP contribution < -0.4 is 0 Å². The third-order valence-electron chi connectivity index (χ3n) is 3.30. The smallest absolute Gasteiger partial charge is 0.256 e. The Hall–Kier alpha value is -1.64. The molecule has 0 saturated heterocycles. The SMILES string of the molecule is O=C1C2=C(CCCC2)N=CC2C=CC=CN12. The number of fused-ring (bicyclic) bond motifs is 1. The summed E-state index contributed by atoms with van der Waals surface area (Å²) >= 11 is 0. The highest BCUT2D eigenvalue weighted by atomic mass is 16.2. The maximum Gasteiger partial charge on any atom is 0.256 e. The minimum absolute atomic E-state index is 0.00287. The maximum absolute atomic E-state index is 12.3. The Morgan fingerprint density at radius 1 is 1.25 bits per heavy atom. The molecule has 82 valence electrons. The molecule has 3 heteroatoms. The zero-order chi connectivity index (χ0) is 11.0. The number of aliphatic imine (C=N–C) groups is 1. The number of amides is 1. The van der Waals surface area contributed by atoms with Gasteiger partial charge in [-0.1, -0.05) is 12.2 Å². The highest BCUT2D eigenvalue weighted by Gasteiger charge is 2.28. The van der Waals surface area contributed by atoms with Crippen LogP contribution in [0, 0.1) is 0 Å². The molecular formula is C13H14N2O. The molecule has 3 nitrogen and oxygen atoms in total. The predicted molar refractivity (Wildman–Crippen MR) is 62.9 cm³/mol. The second kappa shape index (κ2) is 3.74. The monoisotopic (exact) mass is 214 g/mol. The topological polar surface area (TPSA) is 32.7 Å². The molecule has 1 aliphatic carbocycles. The van der Waals surface area contributed by atoms with E-state index in [0.29, 0.717) is 0 Å². The van der Waals surface area contributed by atoms with Crippen LogP contribution in [0.3, 0.4) is 0 Å². The van der Waals surface area contributed by atoms with Crippen molar-refractivity contribution >= 4 is 12.1 Å². The lowest BCUT2D eigenvalue weighted by Crippen LogP contribution is -2.37. The largest absolute Gasteiger partial charge is 0.303 e. The molecule has 0 fully saturated rings. The van der Waals surface area contributed by atoms with Gasteiger partial charge >= 0.3 is 0 Å². The first-order chi connectivity index (χ1) is 7.86. The van der Waals surface area contributed by atoms with Crippen LogP contribution in [0.4, 0.5) is 0 Å². The van der Waals surface area contributed by atoms with Crippen molar-refractivity contribution in [3.05, 3.63) is 35.7 Å². The number of hydrogen-bond donors (Lipinski definition) is 0. The lowest BCUT2D eigenvalue weighted by molar-refractivity contribution is -0.125. The number of hydrogen-bond acceptors (Lipinski definition) is 2. The van der Waals surface area contributed by atoms with E-state index < -0.39 is 0 Å². The van der Waals surface area contributed by atoms with Crippen molar-refractivity contribution in [3.63, 3.8) is 0 Å².